The SMILES string of the molecule is COCc1c(C(=O)N2CCO[C@@H](CC(=O)O)C2)sc2cccc(F)c12. The Morgan fingerprint density at radius 3 is 3.00 bits per heavy atom. The molecule has 1 amide bonds. The highest BCUT2D eigenvalue weighted by Crippen LogP contribution is 2.34. The molecule has 1 aromatic heterocycles. The fourth-order valence-corrected chi connectivity index (χ4v) is 4.18. The van der Waals surface area contributed by atoms with Gasteiger partial charge in [0, 0.05) is 35.8 Å². The second-order valence-electron chi connectivity index (χ2n) is 5.80. The van der Waals surface area contributed by atoms with Crippen molar-refractivity contribution in [3.05, 3.63) is 34.5 Å². The molecule has 0 aliphatic carbocycles. The molecule has 1 aromatic carbocycles. The zero-order chi connectivity index (χ0) is 18.0. The lowest BCUT2D eigenvalue weighted by molar-refractivity contribution is -0.141. The Morgan fingerprint density at radius 2 is 2.28 bits per heavy atom. The molecule has 0 saturated carbocycles. The number of benzene rings is 1. The Hall–Kier alpha value is -2.03. The number of ether oxygens (including phenoxy) is 2. The maximum Gasteiger partial charge on any atom is 0.306 e. The highest BCUT2D eigenvalue weighted by atomic mass is 32.1. The Kier molecular flexibility index (Phi) is 5.31. The topological polar surface area (TPSA) is 76.1 Å². The van der Waals surface area contributed by atoms with E-state index in [1.807, 2.05) is 0 Å². The van der Waals surface area contributed by atoms with Crippen LogP contribution in [0.1, 0.15) is 21.7 Å². The molecular weight excluding hydrogens is 349 g/mol. The summed E-state index contributed by atoms with van der Waals surface area (Å²) >= 11 is 1.23. The van der Waals surface area contributed by atoms with E-state index in [0.29, 0.717) is 27.1 Å². The second kappa shape index (κ2) is 7.47. The number of methoxy groups -OCH3 is 1. The third kappa shape index (κ3) is 3.65. The van der Waals surface area contributed by atoms with Crippen LogP contribution in [0, 0.1) is 5.82 Å². The van der Waals surface area contributed by atoms with Gasteiger partial charge >= 0.3 is 5.97 Å². The number of hydrogen-bond donors (Lipinski definition) is 1. The maximum atomic E-state index is 14.2. The van der Waals surface area contributed by atoms with E-state index in [1.54, 1.807) is 17.0 Å². The predicted octanol–water partition coefficient (Wildman–Crippen LogP) is 2.50. The lowest BCUT2D eigenvalue weighted by atomic mass is 10.1. The van der Waals surface area contributed by atoms with Gasteiger partial charge in [-0.25, -0.2) is 4.39 Å². The lowest BCUT2D eigenvalue weighted by Gasteiger charge is -2.32. The number of morpholine rings is 1. The van der Waals surface area contributed by atoms with Gasteiger partial charge in [0.15, 0.2) is 0 Å². The Labute approximate surface area is 147 Å². The number of amides is 1. The summed E-state index contributed by atoms with van der Waals surface area (Å²) in [6, 6.07) is 4.74. The van der Waals surface area contributed by atoms with Crippen molar-refractivity contribution in [2.75, 3.05) is 26.8 Å². The molecule has 0 radical (unpaired) electrons. The average Bonchev–Trinajstić information content (AvgIpc) is 2.94. The van der Waals surface area contributed by atoms with Crippen molar-refractivity contribution in [3.8, 4) is 0 Å². The first-order valence-electron chi connectivity index (χ1n) is 7.82. The summed E-state index contributed by atoms with van der Waals surface area (Å²) in [4.78, 5) is 25.8. The van der Waals surface area contributed by atoms with Gasteiger partial charge in [-0.3, -0.25) is 9.59 Å². The molecule has 2 aromatic rings. The Balaban J connectivity index is 1.92. The van der Waals surface area contributed by atoms with Gasteiger partial charge < -0.3 is 19.5 Å². The number of nitrogens with zero attached hydrogens (tertiary/aromatic N) is 1. The molecule has 1 atom stereocenters. The number of fused-ring (bicyclic) bond motifs is 1. The maximum absolute atomic E-state index is 14.2. The summed E-state index contributed by atoms with van der Waals surface area (Å²) in [7, 11) is 1.50. The first-order chi connectivity index (χ1) is 12.0. The van der Waals surface area contributed by atoms with Gasteiger partial charge in [0.25, 0.3) is 5.91 Å². The number of carboxylic acid groups (broad SMARTS) is 1. The minimum absolute atomic E-state index is 0.130. The van der Waals surface area contributed by atoms with Crippen molar-refractivity contribution in [2.24, 2.45) is 0 Å². The van der Waals surface area contributed by atoms with Crippen LogP contribution in [0.2, 0.25) is 0 Å². The lowest BCUT2D eigenvalue weighted by Crippen LogP contribution is -2.46. The number of halogens is 1. The van der Waals surface area contributed by atoms with Crippen molar-refractivity contribution in [2.45, 2.75) is 19.1 Å². The normalized spacial score (nSPS) is 17.8. The van der Waals surface area contributed by atoms with Crippen LogP contribution in [0.25, 0.3) is 10.1 Å². The Morgan fingerprint density at radius 1 is 1.48 bits per heavy atom. The second-order valence-corrected chi connectivity index (χ2v) is 6.85. The van der Waals surface area contributed by atoms with E-state index < -0.39 is 12.1 Å². The molecule has 3 rings (SSSR count). The van der Waals surface area contributed by atoms with E-state index in [0.717, 1.165) is 0 Å². The highest BCUT2D eigenvalue weighted by Gasteiger charge is 2.30. The number of hydrogen-bond acceptors (Lipinski definition) is 5. The number of aliphatic carboxylic acids is 1. The summed E-state index contributed by atoms with van der Waals surface area (Å²) in [5, 5.41) is 9.32. The quantitative estimate of drug-likeness (QED) is 0.879. The molecule has 25 heavy (non-hydrogen) atoms. The summed E-state index contributed by atoms with van der Waals surface area (Å²) < 4.78 is 25.5. The van der Waals surface area contributed by atoms with Crippen LogP contribution in [0.3, 0.4) is 0 Å². The fraction of sp³-hybridized carbons (Fsp3) is 0.412. The number of carbonyl (C=O) groups excluding carboxylic acids is 1. The predicted molar refractivity (Wildman–Crippen MR) is 90.4 cm³/mol. The van der Waals surface area contributed by atoms with Crippen LogP contribution < -0.4 is 0 Å². The molecule has 6 nitrogen and oxygen atoms in total. The van der Waals surface area contributed by atoms with E-state index in [-0.39, 0.29) is 37.9 Å². The minimum atomic E-state index is -0.969. The molecule has 8 heteroatoms. The summed E-state index contributed by atoms with van der Waals surface area (Å²) in [6.07, 6.45) is -0.692. The van der Waals surface area contributed by atoms with Gasteiger partial charge in [-0.2, -0.15) is 0 Å². The molecule has 1 fully saturated rings. The monoisotopic (exact) mass is 367 g/mol. The van der Waals surface area contributed by atoms with Crippen molar-refractivity contribution < 1.29 is 28.6 Å². The highest BCUT2D eigenvalue weighted by molar-refractivity contribution is 7.21. The first-order valence-corrected chi connectivity index (χ1v) is 8.64. The van der Waals surface area contributed by atoms with Gasteiger partial charge in [0.2, 0.25) is 0 Å². The number of rotatable bonds is 5. The van der Waals surface area contributed by atoms with Crippen LogP contribution in [-0.2, 0) is 20.9 Å². The largest absolute Gasteiger partial charge is 0.481 e. The van der Waals surface area contributed by atoms with Crippen LogP contribution >= 0.6 is 11.3 Å². The molecule has 2 heterocycles. The molecule has 0 bridgehead atoms. The molecule has 0 unspecified atom stereocenters. The Bertz CT molecular complexity index is 806. The van der Waals surface area contributed by atoms with Gasteiger partial charge in [0.1, 0.15) is 5.82 Å². The van der Waals surface area contributed by atoms with Crippen LogP contribution in [0.4, 0.5) is 4.39 Å². The summed E-state index contributed by atoms with van der Waals surface area (Å²) in [5.74, 6) is -1.60. The average molecular weight is 367 g/mol. The van der Waals surface area contributed by atoms with E-state index in [2.05, 4.69) is 0 Å². The van der Waals surface area contributed by atoms with Gasteiger partial charge in [-0.1, -0.05) is 6.07 Å². The van der Waals surface area contributed by atoms with Crippen LogP contribution in [-0.4, -0.2) is 54.8 Å². The molecule has 1 saturated heterocycles. The van der Waals surface area contributed by atoms with Crippen molar-refractivity contribution in [1.82, 2.24) is 4.90 Å². The molecule has 134 valence electrons. The van der Waals surface area contributed by atoms with Gasteiger partial charge in [-0.15, -0.1) is 11.3 Å². The third-order valence-corrected chi connectivity index (χ3v) is 5.26. The minimum Gasteiger partial charge on any atom is -0.481 e. The van der Waals surface area contributed by atoms with Crippen molar-refractivity contribution >= 4 is 33.3 Å². The van der Waals surface area contributed by atoms with E-state index in [1.165, 1.54) is 24.5 Å². The number of carboxylic acids is 1. The molecular formula is C17H18FNO5S. The fourth-order valence-electron chi connectivity index (χ4n) is 2.99. The third-order valence-electron chi connectivity index (χ3n) is 4.07. The van der Waals surface area contributed by atoms with Crippen LogP contribution in [0.15, 0.2) is 18.2 Å². The summed E-state index contributed by atoms with van der Waals surface area (Å²) in [5.41, 5.74) is 0.534. The van der Waals surface area contributed by atoms with Crippen LogP contribution in [0.5, 0.6) is 0 Å². The molecule has 0 spiro atoms. The zero-order valence-corrected chi connectivity index (χ0v) is 14.5. The van der Waals surface area contributed by atoms with Gasteiger partial charge in [-0.05, 0) is 12.1 Å². The van der Waals surface area contributed by atoms with Gasteiger partial charge in [0.05, 0.1) is 30.6 Å². The standard InChI is InChI=1S/C17H18FNO5S/c1-23-9-11-15-12(18)3-2-4-13(15)25-16(11)17(22)19-5-6-24-10(8-19)7-14(20)21/h2-4,10H,5-9H2,1H3,(H,20,21)/t10-/m0/s1. The zero-order valence-electron chi connectivity index (χ0n) is 13.7. The molecule has 1 aliphatic rings. The molecule has 1 N–H and O–H groups in total. The smallest absolute Gasteiger partial charge is 0.306 e. The first kappa shape index (κ1) is 17.8. The van der Waals surface area contributed by atoms with Crippen molar-refractivity contribution in [3.63, 3.8) is 0 Å². The van der Waals surface area contributed by atoms with E-state index in [4.69, 9.17) is 14.6 Å². The van der Waals surface area contributed by atoms with E-state index >= 15 is 0 Å². The van der Waals surface area contributed by atoms with E-state index in [9.17, 15) is 14.0 Å². The summed E-state index contributed by atoms with van der Waals surface area (Å²) in [6.45, 7) is 0.986. The number of carbonyl (C=O) groups is 2. The molecule has 1 aliphatic heterocycles. The number of thiophene rings is 1. The van der Waals surface area contributed by atoms with Crippen molar-refractivity contribution in [1.29, 1.82) is 0 Å².